The van der Waals surface area contributed by atoms with Gasteiger partial charge in [-0.15, -0.1) is 0 Å². The van der Waals surface area contributed by atoms with Crippen LogP contribution in [0.25, 0.3) is 0 Å². The summed E-state index contributed by atoms with van der Waals surface area (Å²) in [4.78, 5) is 21.9. The zero-order chi connectivity index (χ0) is 12.5. The lowest BCUT2D eigenvalue weighted by molar-refractivity contribution is 0.0953. The molecule has 2 rings (SSSR count). The highest BCUT2D eigenvalue weighted by atomic mass is 16.2. The van der Waals surface area contributed by atoms with E-state index in [4.69, 9.17) is 11.6 Å². The third-order valence-corrected chi connectivity index (χ3v) is 1.66. The molecular weight excluding hydrogens is 220 g/mol. The maximum atomic E-state index is 10.7. The summed E-state index contributed by atoms with van der Waals surface area (Å²) in [7, 11) is 0. The predicted molar refractivity (Wildman–Crippen MR) is 62.3 cm³/mol. The molecule has 0 radical (unpaired) electrons. The first kappa shape index (κ1) is 12.5. The second kappa shape index (κ2) is 6.85. The van der Waals surface area contributed by atoms with E-state index in [1.54, 1.807) is 24.5 Å². The summed E-state index contributed by atoms with van der Waals surface area (Å²) in [5.74, 6) is 5.04. The molecular formula is C10H12N6O. The van der Waals surface area contributed by atoms with Gasteiger partial charge in [-0.2, -0.15) is 0 Å². The van der Waals surface area contributed by atoms with Gasteiger partial charge in [0, 0.05) is 30.4 Å². The fourth-order valence-electron chi connectivity index (χ4n) is 0.897. The first-order valence-electron chi connectivity index (χ1n) is 4.66. The van der Waals surface area contributed by atoms with Crippen molar-refractivity contribution in [1.82, 2.24) is 20.4 Å². The van der Waals surface area contributed by atoms with Crippen molar-refractivity contribution < 1.29 is 4.79 Å². The van der Waals surface area contributed by atoms with E-state index in [0.717, 1.165) is 0 Å². The summed E-state index contributed by atoms with van der Waals surface area (Å²) >= 11 is 0. The Kier molecular flexibility index (Phi) is 5.05. The molecule has 0 bridgehead atoms. The number of nitrogens with zero attached hydrogens (tertiary/aromatic N) is 3. The standard InChI is InChI=1S/C6H7N3O.C4H5N3/c7-9-6(10)5-1-3-8-4-2-5;5-4-3-6-1-2-7-4/h1-4H,7H2,(H,9,10);1-3H,(H2,5,7). The van der Waals surface area contributed by atoms with Crippen LogP contribution in [0, 0.1) is 0 Å². The summed E-state index contributed by atoms with van der Waals surface area (Å²) in [6.07, 6.45) is 7.70. The average molecular weight is 232 g/mol. The molecule has 1 amide bonds. The van der Waals surface area contributed by atoms with Gasteiger partial charge in [-0.05, 0) is 12.1 Å². The lowest BCUT2D eigenvalue weighted by Crippen LogP contribution is -2.29. The van der Waals surface area contributed by atoms with Crippen molar-refractivity contribution in [3.8, 4) is 0 Å². The summed E-state index contributed by atoms with van der Waals surface area (Å²) in [5.41, 5.74) is 7.71. The quantitative estimate of drug-likeness (QED) is 0.354. The Hall–Kier alpha value is -2.54. The van der Waals surface area contributed by atoms with E-state index in [1.165, 1.54) is 18.6 Å². The number of carbonyl (C=O) groups excluding carboxylic acids is 1. The van der Waals surface area contributed by atoms with Crippen LogP contribution in [0.3, 0.4) is 0 Å². The molecule has 0 saturated heterocycles. The maximum Gasteiger partial charge on any atom is 0.265 e. The smallest absolute Gasteiger partial charge is 0.265 e. The summed E-state index contributed by atoms with van der Waals surface area (Å²) < 4.78 is 0. The molecule has 0 spiro atoms. The van der Waals surface area contributed by atoms with E-state index in [-0.39, 0.29) is 5.91 Å². The third kappa shape index (κ3) is 4.67. The monoisotopic (exact) mass is 232 g/mol. The molecule has 0 aliphatic carbocycles. The number of nitrogens with one attached hydrogen (secondary N) is 1. The summed E-state index contributed by atoms with van der Waals surface area (Å²) in [5, 5.41) is 0. The van der Waals surface area contributed by atoms with Crippen molar-refractivity contribution in [1.29, 1.82) is 0 Å². The molecule has 88 valence electrons. The van der Waals surface area contributed by atoms with Crippen molar-refractivity contribution in [2.45, 2.75) is 0 Å². The normalized spacial score (nSPS) is 8.76. The van der Waals surface area contributed by atoms with Gasteiger partial charge in [0.15, 0.2) is 0 Å². The zero-order valence-electron chi connectivity index (χ0n) is 8.95. The number of nitrogen functional groups attached to an aromatic ring is 2. The molecule has 0 unspecified atom stereocenters. The largest absolute Gasteiger partial charge is 0.382 e. The average Bonchev–Trinajstić information content (AvgIpc) is 2.40. The Labute approximate surface area is 97.9 Å². The number of amides is 1. The molecule has 0 aromatic carbocycles. The number of carbonyl (C=O) groups is 1. The van der Waals surface area contributed by atoms with Crippen LogP contribution in [0.4, 0.5) is 5.82 Å². The Morgan fingerprint density at radius 2 is 1.82 bits per heavy atom. The fourth-order valence-corrected chi connectivity index (χ4v) is 0.897. The molecule has 2 aromatic rings. The van der Waals surface area contributed by atoms with E-state index >= 15 is 0 Å². The van der Waals surface area contributed by atoms with Gasteiger partial charge in [0.05, 0.1) is 6.20 Å². The molecule has 0 aliphatic rings. The van der Waals surface area contributed by atoms with Crippen LogP contribution < -0.4 is 17.0 Å². The van der Waals surface area contributed by atoms with E-state index in [9.17, 15) is 4.79 Å². The van der Waals surface area contributed by atoms with Gasteiger partial charge in [0.25, 0.3) is 5.91 Å². The highest BCUT2D eigenvalue weighted by molar-refractivity contribution is 5.93. The van der Waals surface area contributed by atoms with Crippen LogP contribution in [0.15, 0.2) is 43.1 Å². The van der Waals surface area contributed by atoms with Crippen LogP contribution >= 0.6 is 0 Å². The van der Waals surface area contributed by atoms with Gasteiger partial charge in [0.2, 0.25) is 0 Å². The van der Waals surface area contributed by atoms with Gasteiger partial charge in [0.1, 0.15) is 5.82 Å². The molecule has 2 aromatic heterocycles. The number of pyridine rings is 1. The number of nitrogens with two attached hydrogens (primary N) is 2. The molecule has 0 fully saturated rings. The van der Waals surface area contributed by atoms with Gasteiger partial charge in [-0.1, -0.05) is 0 Å². The minimum absolute atomic E-state index is 0.303. The molecule has 7 nitrogen and oxygen atoms in total. The Bertz CT molecular complexity index is 447. The van der Waals surface area contributed by atoms with Crippen molar-refractivity contribution in [2.75, 3.05) is 5.73 Å². The Morgan fingerprint density at radius 3 is 2.24 bits per heavy atom. The number of anilines is 1. The topological polar surface area (TPSA) is 120 Å². The Balaban J connectivity index is 0.000000181. The molecule has 0 saturated carbocycles. The number of hydrazine groups is 1. The van der Waals surface area contributed by atoms with E-state index in [1.807, 2.05) is 5.43 Å². The maximum absolute atomic E-state index is 10.7. The van der Waals surface area contributed by atoms with Gasteiger partial charge < -0.3 is 5.73 Å². The second-order valence-corrected chi connectivity index (χ2v) is 2.84. The minimum Gasteiger partial charge on any atom is -0.382 e. The molecule has 0 atom stereocenters. The summed E-state index contributed by atoms with van der Waals surface area (Å²) in [6.45, 7) is 0. The molecule has 0 aliphatic heterocycles. The van der Waals surface area contributed by atoms with Gasteiger partial charge in [-0.25, -0.2) is 10.8 Å². The van der Waals surface area contributed by atoms with Crippen LogP contribution in [0.2, 0.25) is 0 Å². The molecule has 7 heteroatoms. The van der Waals surface area contributed by atoms with E-state index in [2.05, 4.69) is 15.0 Å². The predicted octanol–water partition coefficient (Wildman–Crippen LogP) is -0.256. The van der Waals surface area contributed by atoms with Crippen LogP contribution in [0.5, 0.6) is 0 Å². The SMILES string of the molecule is NNC(=O)c1ccncc1.Nc1cnccn1. The second-order valence-electron chi connectivity index (χ2n) is 2.84. The number of hydrogen-bond donors (Lipinski definition) is 3. The molecule has 17 heavy (non-hydrogen) atoms. The highest BCUT2D eigenvalue weighted by Gasteiger charge is 1.98. The van der Waals surface area contributed by atoms with Crippen molar-refractivity contribution in [3.05, 3.63) is 48.7 Å². The first-order valence-corrected chi connectivity index (χ1v) is 4.66. The number of rotatable bonds is 1. The third-order valence-electron chi connectivity index (χ3n) is 1.66. The molecule has 2 heterocycles. The lowest BCUT2D eigenvalue weighted by Gasteiger charge is -1.95. The van der Waals surface area contributed by atoms with Crippen LogP contribution in [-0.2, 0) is 0 Å². The first-order chi connectivity index (χ1) is 8.24. The van der Waals surface area contributed by atoms with Crippen molar-refractivity contribution in [3.63, 3.8) is 0 Å². The van der Waals surface area contributed by atoms with E-state index < -0.39 is 0 Å². The molecule has 5 N–H and O–H groups in total. The van der Waals surface area contributed by atoms with E-state index in [0.29, 0.717) is 11.4 Å². The van der Waals surface area contributed by atoms with Crippen molar-refractivity contribution >= 4 is 11.7 Å². The van der Waals surface area contributed by atoms with Gasteiger partial charge >= 0.3 is 0 Å². The minimum atomic E-state index is -0.303. The Morgan fingerprint density at radius 1 is 1.12 bits per heavy atom. The zero-order valence-corrected chi connectivity index (χ0v) is 8.95. The summed E-state index contributed by atoms with van der Waals surface area (Å²) in [6, 6.07) is 3.17. The van der Waals surface area contributed by atoms with Crippen LogP contribution in [0.1, 0.15) is 10.4 Å². The fraction of sp³-hybridized carbons (Fsp3) is 0. The number of hydrogen-bond acceptors (Lipinski definition) is 6. The highest BCUT2D eigenvalue weighted by Crippen LogP contribution is 1.93. The van der Waals surface area contributed by atoms with Gasteiger partial charge in [-0.3, -0.25) is 20.2 Å². The van der Waals surface area contributed by atoms with Crippen LogP contribution in [-0.4, -0.2) is 20.9 Å². The number of aromatic nitrogens is 3. The lowest BCUT2D eigenvalue weighted by atomic mass is 10.3. The van der Waals surface area contributed by atoms with Crippen molar-refractivity contribution in [2.24, 2.45) is 5.84 Å².